The molecule has 0 N–H and O–H groups in total. The fourth-order valence-electron chi connectivity index (χ4n) is 4.91. The summed E-state index contributed by atoms with van der Waals surface area (Å²) in [6, 6.07) is 22.6. The number of esters is 1. The number of fused-ring (bicyclic) bond motifs is 1. The average Bonchev–Trinajstić information content (AvgIpc) is 2.95. The number of carbonyl (C=O) groups is 3. The normalized spacial score (nSPS) is 18.2. The van der Waals surface area contributed by atoms with Gasteiger partial charge in [0.05, 0.1) is 29.7 Å². The molecular weight excluding hydrogens is 532 g/mol. The first-order valence-corrected chi connectivity index (χ1v) is 14.2. The van der Waals surface area contributed by atoms with Crippen molar-refractivity contribution in [1.29, 1.82) is 0 Å². The molecule has 5 rings (SSSR count). The molecule has 3 aromatic rings. The lowest BCUT2D eigenvalue weighted by atomic mass is 9.97. The number of thioether (sulfide) groups is 1. The Labute approximate surface area is 237 Å². The van der Waals surface area contributed by atoms with Crippen LogP contribution in [0.15, 0.2) is 82.6 Å². The van der Waals surface area contributed by atoms with Crippen molar-refractivity contribution in [2.45, 2.75) is 31.2 Å². The van der Waals surface area contributed by atoms with Crippen molar-refractivity contribution in [3.63, 3.8) is 0 Å². The summed E-state index contributed by atoms with van der Waals surface area (Å²) in [4.78, 5) is 44.0. The number of piperidine rings is 1. The molecule has 0 aromatic heterocycles. The minimum Gasteiger partial charge on any atom is -0.466 e. The first-order valence-electron chi connectivity index (χ1n) is 13.0. The van der Waals surface area contributed by atoms with Gasteiger partial charge in [-0.05, 0) is 73.4 Å². The molecule has 1 fully saturated rings. The van der Waals surface area contributed by atoms with E-state index in [1.807, 2.05) is 66.7 Å². The van der Waals surface area contributed by atoms with Crippen molar-refractivity contribution in [1.82, 2.24) is 4.90 Å². The maximum absolute atomic E-state index is 13.6. The molecule has 0 bridgehead atoms. The molecule has 2 amide bonds. The summed E-state index contributed by atoms with van der Waals surface area (Å²) < 4.78 is 5.16. The van der Waals surface area contributed by atoms with Crippen LogP contribution >= 0.6 is 23.4 Å². The molecule has 0 radical (unpaired) electrons. The Morgan fingerprint density at radius 2 is 1.87 bits per heavy atom. The molecule has 3 aromatic carbocycles. The molecule has 2 aliphatic heterocycles. The average molecular weight is 561 g/mol. The highest BCUT2D eigenvalue weighted by molar-refractivity contribution is 8.04. The Hall–Kier alpha value is -3.55. The highest BCUT2D eigenvalue weighted by Gasteiger charge is 2.31. The van der Waals surface area contributed by atoms with E-state index in [0.717, 1.165) is 34.6 Å². The Morgan fingerprint density at radius 1 is 1.08 bits per heavy atom. The fraction of sp³-hybridized carbons (Fsp3) is 0.258. The van der Waals surface area contributed by atoms with Crippen molar-refractivity contribution >= 4 is 52.9 Å². The summed E-state index contributed by atoms with van der Waals surface area (Å²) >= 11 is 7.63. The zero-order valence-corrected chi connectivity index (χ0v) is 23.2. The predicted octanol–water partition coefficient (Wildman–Crippen LogP) is 6.44. The lowest BCUT2D eigenvalue weighted by Crippen LogP contribution is -2.42. The van der Waals surface area contributed by atoms with Crippen LogP contribution in [0.4, 0.5) is 5.69 Å². The summed E-state index contributed by atoms with van der Waals surface area (Å²) in [6.07, 6.45) is 3.37. The van der Waals surface area contributed by atoms with Crippen LogP contribution in [-0.4, -0.2) is 42.4 Å². The van der Waals surface area contributed by atoms with Crippen LogP contribution in [0.25, 0.3) is 6.08 Å². The molecule has 1 saturated heterocycles. The van der Waals surface area contributed by atoms with Gasteiger partial charge >= 0.3 is 5.97 Å². The Kier molecular flexibility index (Phi) is 8.38. The molecule has 200 valence electrons. The standard InChI is InChI=1S/C31H29ClN2O4S/c1-2-38-31(37)24-8-6-16-33(20-24)29(35)23-14-12-21(13-15-23)18-28-30(36)34(19-22-7-5-9-25(32)17-22)26-10-3-4-11-27(26)39-28/h3-5,7,9-15,17-18,24H,2,6,8,16,19-20H2,1H3/b28-18+. The lowest BCUT2D eigenvalue weighted by Gasteiger charge is -2.31. The van der Waals surface area contributed by atoms with Crippen LogP contribution in [0.3, 0.4) is 0 Å². The number of halogens is 1. The Balaban J connectivity index is 1.34. The topological polar surface area (TPSA) is 66.9 Å². The summed E-state index contributed by atoms with van der Waals surface area (Å²) in [5, 5.41) is 0.631. The number of benzene rings is 3. The van der Waals surface area contributed by atoms with Gasteiger partial charge < -0.3 is 14.5 Å². The van der Waals surface area contributed by atoms with Crippen molar-refractivity contribution in [3.05, 3.63) is 99.4 Å². The second kappa shape index (κ2) is 12.1. The molecule has 6 nitrogen and oxygen atoms in total. The van der Waals surface area contributed by atoms with E-state index >= 15 is 0 Å². The SMILES string of the molecule is CCOC(=O)C1CCCN(C(=O)c2ccc(/C=C3/Sc4ccccc4N(Cc4cccc(Cl)c4)C3=O)cc2)C1. The van der Waals surface area contributed by atoms with Gasteiger partial charge in [0.2, 0.25) is 0 Å². The van der Waals surface area contributed by atoms with E-state index < -0.39 is 0 Å². The van der Waals surface area contributed by atoms with Gasteiger partial charge in [-0.15, -0.1) is 0 Å². The summed E-state index contributed by atoms with van der Waals surface area (Å²) in [7, 11) is 0. The number of carbonyl (C=O) groups excluding carboxylic acids is 3. The van der Waals surface area contributed by atoms with Gasteiger partial charge in [-0.3, -0.25) is 14.4 Å². The molecule has 8 heteroatoms. The van der Waals surface area contributed by atoms with E-state index in [2.05, 4.69) is 0 Å². The number of para-hydroxylation sites is 1. The Bertz CT molecular complexity index is 1420. The van der Waals surface area contributed by atoms with E-state index in [-0.39, 0.29) is 23.7 Å². The molecule has 0 aliphatic carbocycles. The third-order valence-electron chi connectivity index (χ3n) is 6.85. The van der Waals surface area contributed by atoms with Gasteiger partial charge in [0.15, 0.2) is 0 Å². The summed E-state index contributed by atoms with van der Waals surface area (Å²) in [5.41, 5.74) is 3.20. The predicted molar refractivity (Wildman–Crippen MR) is 155 cm³/mol. The largest absolute Gasteiger partial charge is 0.466 e. The van der Waals surface area contributed by atoms with Crippen molar-refractivity contribution in [3.8, 4) is 0 Å². The zero-order chi connectivity index (χ0) is 27.4. The number of hydrogen-bond acceptors (Lipinski definition) is 5. The second-order valence-corrected chi connectivity index (χ2v) is 11.1. The maximum Gasteiger partial charge on any atom is 0.310 e. The van der Waals surface area contributed by atoms with E-state index in [0.29, 0.717) is 41.7 Å². The highest BCUT2D eigenvalue weighted by Crippen LogP contribution is 2.42. The van der Waals surface area contributed by atoms with Crippen LogP contribution in [-0.2, 0) is 20.9 Å². The van der Waals surface area contributed by atoms with Crippen molar-refractivity contribution < 1.29 is 19.1 Å². The monoisotopic (exact) mass is 560 g/mol. The number of hydrogen-bond donors (Lipinski definition) is 0. The van der Waals surface area contributed by atoms with Crippen LogP contribution < -0.4 is 4.90 Å². The number of ether oxygens (including phenoxy) is 1. The molecule has 2 heterocycles. The van der Waals surface area contributed by atoms with Gasteiger partial charge in [0, 0.05) is 28.6 Å². The summed E-state index contributed by atoms with van der Waals surface area (Å²) in [5.74, 6) is -0.707. The van der Waals surface area contributed by atoms with E-state index in [4.69, 9.17) is 16.3 Å². The van der Waals surface area contributed by atoms with Crippen LogP contribution in [0, 0.1) is 5.92 Å². The van der Waals surface area contributed by atoms with Crippen LogP contribution in [0.1, 0.15) is 41.3 Å². The first-order chi connectivity index (χ1) is 18.9. The van der Waals surface area contributed by atoms with Gasteiger partial charge in [-0.2, -0.15) is 0 Å². The van der Waals surface area contributed by atoms with Gasteiger partial charge in [-0.1, -0.05) is 59.8 Å². The quantitative estimate of drug-likeness (QED) is 0.256. The Morgan fingerprint density at radius 3 is 2.64 bits per heavy atom. The number of nitrogens with zero attached hydrogens (tertiary/aromatic N) is 2. The number of rotatable bonds is 6. The molecule has 1 atom stereocenters. The third kappa shape index (κ3) is 6.21. The second-order valence-electron chi connectivity index (χ2n) is 9.56. The summed E-state index contributed by atoms with van der Waals surface area (Å²) in [6.45, 7) is 3.52. The first kappa shape index (κ1) is 27.0. The zero-order valence-electron chi connectivity index (χ0n) is 21.6. The maximum atomic E-state index is 13.6. The van der Waals surface area contributed by atoms with Crippen molar-refractivity contribution in [2.75, 3.05) is 24.6 Å². The fourth-order valence-corrected chi connectivity index (χ4v) is 6.18. The number of amides is 2. The molecule has 1 unspecified atom stereocenters. The van der Waals surface area contributed by atoms with Crippen molar-refractivity contribution in [2.24, 2.45) is 5.92 Å². The van der Waals surface area contributed by atoms with E-state index in [9.17, 15) is 14.4 Å². The molecular formula is C31H29ClN2O4S. The molecule has 0 saturated carbocycles. The van der Waals surface area contributed by atoms with Gasteiger partial charge in [-0.25, -0.2) is 0 Å². The van der Waals surface area contributed by atoms with Gasteiger partial charge in [0.25, 0.3) is 11.8 Å². The molecule has 39 heavy (non-hydrogen) atoms. The van der Waals surface area contributed by atoms with E-state index in [1.165, 1.54) is 11.8 Å². The van der Waals surface area contributed by atoms with Crippen LogP contribution in [0.5, 0.6) is 0 Å². The van der Waals surface area contributed by atoms with E-state index in [1.54, 1.807) is 28.9 Å². The minimum absolute atomic E-state index is 0.0860. The number of anilines is 1. The van der Waals surface area contributed by atoms with Gasteiger partial charge in [0.1, 0.15) is 0 Å². The van der Waals surface area contributed by atoms with Crippen LogP contribution in [0.2, 0.25) is 5.02 Å². The minimum atomic E-state index is -0.279. The third-order valence-corrected chi connectivity index (χ3v) is 8.16. The molecule has 2 aliphatic rings. The smallest absolute Gasteiger partial charge is 0.310 e. The lowest BCUT2D eigenvalue weighted by molar-refractivity contribution is -0.149. The molecule has 0 spiro atoms. The number of likely N-dealkylation sites (tertiary alicyclic amines) is 1. The highest BCUT2D eigenvalue weighted by atomic mass is 35.5.